The summed E-state index contributed by atoms with van der Waals surface area (Å²) in [6, 6.07) is 9.89. The van der Waals surface area contributed by atoms with Crippen molar-refractivity contribution >= 4 is 17.4 Å². The molecule has 0 bridgehead atoms. The zero-order chi connectivity index (χ0) is 21.3. The monoisotopic (exact) mass is 433 g/mol. The van der Waals surface area contributed by atoms with Crippen molar-refractivity contribution in [1.82, 2.24) is 24.6 Å². The van der Waals surface area contributed by atoms with Crippen LogP contribution in [0.3, 0.4) is 0 Å². The molecule has 0 amide bonds. The normalized spacial score (nSPS) is 12.8. The fourth-order valence-corrected chi connectivity index (χ4v) is 3.19. The number of halogens is 4. The third kappa shape index (κ3) is 4.20. The standard InChI is InChI=1S/C20H15ClF3N5O/c1-12(18-6-7-25-19-27-11-28-29(18)19)30-15-4-2-13(3-5-15)8-17-16(21)9-14(10-26-17)20(22,23)24/h2-7,9-12H,8H2,1H3/t12-/m1/s1. The van der Waals surface area contributed by atoms with E-state index in [2.05, 4.69) is 20.1 Å². The lowest BCUT2D eigenvalue weighted by Gasteiger charge is -2.16. The lowest BCUT2D eigenvalue weighted by molar-refractivity contribution is -0.137. The smallest absolute Gasteiger partial charge is 0.417 e. The van der Waals surface area contributed by atoms with Crippen molar-refractivity contribution in [2.45, 2.75) is 25.6 Å². The van der Waals surface area contributed by atoms with Crippen molar-refractivity contribution in [2.24, 2.45) is 0 Å². The van der Waals surface area contributed by atoms with Crippen molar-refractivity contribution in [3.8, 4) is 5.75 Å². The van der Waals surface area contributed by atoms with E-state index in [1.807, 2.05) is 19.1 Å². The highest BCUT2D eigenvalue weighted by molar-refractivity contribution is 6.31. The second kappa shape index (κ2) is 7.91. The summed E-state index contributed by atoms with van der Waals surface area (Å²) in [7, 11) is 0. The fraction of sp³-hybridized carbons (Fsp3) is 0.200. The predicted octanol–water partition coefficient (Wildman–Crippen LogP) is 4.92. The molecule has 0 fully saturated rings. The molecule has 0 aliphatic heterocycles. The molecule has 1 atom stereocenters. The Balaban J connectivity index is 1.46. The Hall–Kier alpha value is -3.20. The van der Waals surface area contributed by atoms with Gasteiger partial charge in [0, 0.05) is 18.8 Å². The number of hydrogen-bond donors (Lipinski definition) is 0. The van der Waals surface area contributed by atoms with Gasteiger partial charge >= 0.3 is 6.18 Å². The molecule has 3 aromatic heterocycles. The van der Waals surface area contributed by atoms with Crippen LogP contribution >= 0.6 is 11.6 Å². The number of rotatable bonds is 5. The number of pyridine rings is 1. The van der Waals surface area contributed by atoms with E-state index in [0.29, 0.717) is 23.6 Å². The quantitative estimate of drug-likeness (QED) is 0.447. The Kier molecular flexibility index (Phi) is 5.29. The van der Waals surface area contributed by atoms with Crippen LogP contribution in [0.25, 0.3) is 5.78 Å². The van der Waals surface area contributed by atoms with Crippen molar-refractivity contribution in [3.05, 3.63) is 82.7 Å². The molecule has 6 nitrogen and oxygen atoms in total. The second-order valence-corrected chi connectivity index (χ2v) is 6.98. The maximum atomic E-state index is 12.7. The highest BCUT2D eigenvalue weighted by atomic mass is 35.5. The number of benzene rings is 1. The van der Waals surface area contributed by atoms with Crippen LogP contribution < -0.4 is 4.74 Å². The molecule has 0 spiro atoms. The molecule has 0 unspecified atom stereocenters. The number of aromatic nitrogens is 5. The first-order valence-electron chi connectivity index (χ1n) is 8.93. The van der Waals surface area contributed by atoms with E-state index in [1.165, 1.54) is 6.33 Å². The average Bonchev–Trinajstić information content (AvgIpc) is 3.19. The minimum absolute atomic E-state index is 0.0201. The molecule has 30 heavy (non-hydrogen) atoms. The van der Waals surface area contributed by atoms with Gasteiger partial charge in [-0.15, -0.1) is 0 Å². The molecular weight excluding hydrogens is 419 g/mol. The van der Waals surface area contributed by atoms with Crippen LogP contribution in [0.1, 0.15) is 35.5 Å². The Bertz CT molecular complexity index is 1180. The fourth-order valence-electron chi connectivity index (χ4n) is 2.96. The summed E-state index contributed by atoms with van der Waals surface area (Å²) in [6.07, 6.45) is -0.625. The molecule has 4 rings (SSSR count). The summed E-state index contributed by atoms with van der Waals surface area (Å²) in [6.45, 7) is 1.89. The zero-order valence-electron chi connectivity index (χ0n) is 15.6. The molecule has 0 N–H and O–H groups in total. The predicted molar refractivity (Wildman–Crippen MR) is 103 cm³/mol. The Morgan fingerprint density at radius 2 is 1.87 bits per heavy atom. The van der Waals surface area contributed by atoms with E-state index in [0.717, 1.165) is 23.5 Å². The van der Waals surface area contributed by atoms with Crippen molar-refractivity contribution in [1.29, 1.82) is 0 Å². The highest BCUT2D eigenvalue weighted by Crippen LogP contribution is 2.31. The van der Waals surface area contributed by atoms with E-state index in [9.17, 15) is 13.2 Å². The first-order chi connectivity index (χ1) is 14.3. The van der Waals surface area contributed by atoms with Gasteiger partial charge in [0.1, 0.15) is 18.2 Å². The second-order valence-electron chi connectivity index (χ2n) is 6.57. The van der Waals surface area contributed by atoms with Crippen LogP contribution in [0.2, 0.25) is 5.02 Å². The van der Waals surface area contributed by atoms with Gasteiger partial charge in [-0.05, 0) is 36.8 Å². The van der Waals surface area contributed by atoms with Gasteiger partial charge in [-0.3, -0.25) is 4.98 Å². The van der Waals surface area contributed by atoms with Crippen LogP contribution in [-0.4, -0.2) is 24.6 Å². The van der Waals surface area contributed by atoms with Gasteiger partial charge in [-0.1, -0.05) is 23.7 Å². The SMILES string of the molecule is C[C@@H](Oc1ccc(Cc2ncc(C(F)(F)F)cc2Cl)cc1)c1ccnc2ncnn12. The molecule has 0 saturated heterocycles. The van der Waals surface area contributed by atoms with E-state index in [1.54, 1.807) is 28.9 Å². The van der Waals surface area contributed by atoms with Gasteiger partial charge in [0.15, 0.2) is 0 Å². The van der Waals surface area contributed by atoms with Gasteiger partial charge in [0.2, 0.25) is 0 Å². The third-order valence-corrected chi connectivity index (χ3v) is 4.81. The molecule has 154 valence electrons. The molecule has 0 saturated carbocycles. The lowest BCUT2D eigenvalue weighted by Crippen LogP contribution is -2.10. The number of hydrogen-bond acceptors (Lipinski definition) is 5. The molecule has 1 aromatic carbocycles. The molecular formula is C20H15ClF3N5O. The Labute approximate surface area is 174 Å². The molecule has 10 heteroatoms. The minimum atomic E-state index is -4.47. The summed E-state index contributed by atoms with van der Waals surface area (Å²) in [4.78, 5) is 12.0. The van der Waals surface area contributed by atoms with E-state index < -0.39 is 11.7 Å². The van der Waals surface area contributed by atoms with E-state index in [-0.39, 0.29) is 11.1 Å². The van der Waals surface area contributed by atoms with E-state index in [4.69, 9.17) is 16.3 Å². The number of ether oxygens (including phenoxy) is 1. The van der Waals surface area contributed by atoms with Gasteiger partial charge in [0.05, 0.1) is 22.0 Å². The average molecular weight is 434 g/mol. The maximum absolute atomic E-state index is 12.7. The summed E-state index contributed by atoms with van der Waals surface area (Å²) in [5.74, 6) is 1.11. The lowest BCUT2D eigenvalue weighted by atomic mass is 10.1. The summed E-state index contributed by atoms with van der Waals surface area (Å²) >= 11 is 5.99. The number of alkyl halides is 3. The van der Waals surface area contributed by atoms with Gasteiger partial charge in [-0.2, -0.15) is 27.8 Å². The van der Waals surface area contributed by atoms with Crippen LogP contribution in [0.5, 0.6) is 5.75 Å². The van der Waals surface area contributed by atoms with Crippen molar-refractivity contribution in [2.75, 3.05) is 0 Å². The van der Waals surface area contributed by atoms with Gasteiger partial charge in [-0.25, -0.2) is 4.98 Å². The van der Waals surface area contributed by atoms with Crippen molar-refractivity contribution in [3.63, 3.8) is 0 Å². The topological polar surface area (TPSA) is 65.2 Å². The van der Waals surface area contributed by atoms with Crippen molar-refractivity contribution < 1.29 is 17.9 Å². The molecule has 0 radical (unpaired) electrons. The molecule has 3 heterocycles. The highest BCUT2D eigenvalue weighted by Gasteiger charge is 2.31. The molecule has 4 aromatic rings. The maximum Gasteiger partial charge on any atom is 0.417 e. The first kappa shape index (κ1) is 20.1. The molecule has 0 aliphatic rings. The van der Waals surface area contributed by atoms with Gasteiger partial charge < -0.3 is 4.74 Å². The summed E-state index contributed by atoms with van der Waals surface area (Å²) < 4.78 is 45.8. The van der Waals surface area contributed by atoms with Crippen LogP contribution in [-0.2, 0) is 12.6 Å². The largest absolute Gasteiger partial charge is 0.484 e. The Morgan fingerprint density at radius 1 is 1.10 bits per heavy atom. The third-order valence-electron chi connectivity index (χ3n) is 4.48. The minimum Gasteiger partial charge on any atom is -0.484 e. The number of nitrogens with zero attached hydrogens (tertiary/aromatic N) is 5. The van der Waals surface area contributed by atoms with Gasteiger partial charge in [0.25, 0.3) is 5.78 Å². The summed E-state index contributed by atoms with van der Waals surface area (Å²) in [5, 5.41) is 4.12. The summed E-state index contributed by atoms with van der Waals surface area (Å²) in [5.41, 5.74) is 1.14. The first-order valence-corrected chi connectivity index (χ1v) is 9.31. The zero-order valence-corrected chi connectivity index (χ0v) is 16.4. The van der Waals surface area contributed by atoms with Crippen LogP contribution in [0.4, 0.5) is 13.2 Å². The van der Waals surface area contributed by atoms with Crippen LogP contribution in [0.15, 0.2) is 55.1 Å². The van der Waals surface area contributed by atoms with Crippen LogP contribution in [0, 0.1) is 0 Å². The number of fused-ring (bicyclic) bond motifs is 1. The molecule has 0 aliphatic carbocycles. The Morgan fingerprint density at radius 3 is 2.57 bits per heavy atom. The van der Waals surface area contributed by atoms with E-state index >= 15 is 0 Å².